The van der Waals surface area contributed by atoms with E-state index in [0.29, 0.717) is 18.7 Å². The van der Waals surface area contributed by atoms with Gasteiger partial charge in [0.25, 0.3) is 5.91 Å². The predicted octanol–water partition coefficient (Wildman–Crippen LogP) is 1.43. The summed E-state index contributed by atoms with van der Waals surface area (Å²) in [4.78, 5) is 36.8. The van der Waals surface area contributed by atoms with Gasteiger partial charge in [0.15, 0.2) is 0 Å². The summed E-state index contributed by atoms with van der Waals surface area (Å²) in [5.41, 5.74) is 2.29. The number of aromatic nitrogens is 3. The number of aryl methyl sites for hydroxylation is 1. The van der Waals surface area contributed by atoms with Crippen LogP contribution in [0.3, 0.4) is 0 Å². The summed E-state index contributed by atoms with van der Waals surface area (Å²) < 4.78 is 2.04. The van der Waals surface area contributed by atoms with Gasteiger partial charge < -0.3 is 14.4 Å². The molecule has 1 aliphatic heterocycles. The highest BCUT2D eigenvalue weighted by molar-refractivity contribution is 5.94. The van der Waals surface area contributed by atoms with E-state index in [1.807, 2.05) is 35.6 Å². The van der Waals surface area contributed by atoms with E-state index in [2.05, 4.69) is 9.97 Å². The van der Waals surface area contributed by atoms with Crippen LogP contribution >= 0.6 is 0 Å². The monoisotopic (exact) mass is 341 g/mol. The number of amides is 2. The summed E-state index contributed by atoms with van der Waals surface area (Å²) in [5.74, 6) is 0.799. The Bertz CT molecular complexity index is 812. The first kappa shape index (κ1) is 17.1. The zero-order valence-corrected chi connectivity index (χ0v) is 15.1. The molecule has 7 heteroatoms. The third kappa shape index (κ3) is 3.40. The van der Waals surface area contributed by atoms with Gasteiger partial charge in [0.1, 0.15) is 5.82 Å². The number of carbonyl (C=O) groups excluding carboxylic acids is 2. The minimum Gasteiger partial charge on any atom is -0.348 e. The Balaban J connectivity index is 1.81. The van der Waals surface area contributed by atoms with Crippen LogP contribution < -0.4 is 0 Å². The zero-order chi connectivity index (χ0) is 18.1. The first-order chi connectivity index (χ1) is 11.9. The lowest BCUT2D eigenvalue weighted by Crippen LogP contribution is -2.41. The van der Waals surface area contributed by atoms with Crippen LogP contribution in [0, 0.1) is 6.92 Å². The lowest BCUT2D eigenvalue weighted by atomic mass is 10.1. The van der Waals surface area contributed by atoms with Crippen LogP contribution in [0.5, 0.6) is 0 Å². The first-order valence-electron chi connectivity index (χ1n) is 8.35. The van der Waals surface area contributed by atoms with Gasteiger partial charge in [0, 0.05) is 45.8 Å². The lowest BCUT2D eigenvalue weighted by molar-refractivity contribution is -0.128. The molecule has 0 aromatic carbocycles. The molecule has 0 unspecified atom stereocenters. The SMILES string of the molecule is Cc1cncc(C(=O)N2CCn3cc(CC(=O)N(C)C)nc3[C@@H]2C)c1. The molecule has 0 bridgehead atoms. The highest BCUT2D eigenvalue weighted by atomic mass is 16.2. The molecule has 2 aromatic heterocycles. The fourth-order valence-electron chi connectivity index (χ4n) is 3.06. The van der Waals surface area contributed by atoms with Crippen molar-refractivity contribution in [2.45, 2.75) is 32.9 Å². The van der Waals surface area contributed by atoms with Gasteiger partial charge in [-0.05, 0) is 25.5 Å². The Kier molecular flexibility index (Phi) is 4.57. The van der Waals surface area contributed by atoms with Gasteiger partial charge in [0.2, 0.25) is 5.91 Å². The van der Waals surface area contributed by atoms with E-state index < -0.39 is 0 Å². The Morgan fingerprint density at radius 2 is 2.04 bits per heavy atom. The van der Waals surface area contributed by atoms with E-state index in [9.17, 15) is 9.59 Å². The van der Waals surface area contributed by atoms with Gasteiger partial charge in [-0.15, -0.1) is 0 Å². The minimum absolute atomic E-state index is 0.0156. The van der Waals surface area contributed by atoms with Crippen molar-refractivity contribution in [2.24, 2.45) is 0 Å². The van der Waals surface area contributed by atoms with Crippen molar-refractivity contribution in [2.75, 3.05) is 20.6 Å². The van der Waals surface area contributed by atoms with Crippen molar-refractivity contribution in [3.05, 3.63) is 47.3 Å². The number of fused-ring (bicyclic) bond motifs is 1. The molecule has 0 radical (unpaired) electrons. The van der Waals surface area contributed by atoms with Crippen molar-refractivity contribution in [3.8, 4) is 0 Å². The van der Waals surface area contributed by atoms with Gasteiger partial charge in [-0.2, -0.15) is 0 Å². The van der Waals surface area contributed by atoms with E-state index in [-0.39, 0.29) is 24.3 Å². The summed E-state index contributed by atoms with van der Waals surface area (Å²) in [5, 5.41) is 0. The number of rotatable bonds is 3. The average molecular weight is 341 g/mol. The molecular formula is C18H23N5O2. The van der Waals surface area contributed by atoms with E-state index in [1.165, 1.54) is 0 Å². The molecule has 1 atom stereocenters. The topological polar surface area (TPSA) is 71.3 Å². The van der Waals surface area contributed by atoms with Gasteiger partial charge in [0.05, 0.1) is 23.7 Å². The first-order valence-corrected chi connectivity index (χ1v) is 8.35. The molecule has 25 heavy (non-hydrogen) atoms. The van der Waals surface area contributed by atoms with Crippen LogP contribution in [-0.4, -0.2) is 56.8 Å². The van der Waals surface area contributed by atoms with Crippen LogP contribution in [0.25, 0.3) is 0 Å². The van der Waals surface area contributed by atoms with E-state index in [1.54, 1.807) is 31.4 Å². The molecule has 0 N–H and O–H groups in total. The maximum atomic E-state index is 12.8. The molecule has 2 amide bonds. The second-order valence-corrected chi connectivity index (χ2v) is 6.67. The largest absolute Gasteiger partial charge is 0.348 e. The van der Waals surface area contributed by atoms with E-state index in [0.717, 1.165) is 17.1 Å². The van der Waals surface area contributed by atoms with Crippen molar-refractivity contribution in [1.29, 1.82) is 0 Å². The molecule has 0 saturated heterocycles. The third-order valence-corrected chi connectivity index (χ3v) is 4.49. The molecule has 1 aliphatic rings. The molecule has 3 heterocycles. The molecule has 2 aromatic rings. The normalized spacial score (nSPS) is 16.5. The highest BCUT2D eigenvalue weighted by Crippen LogP contribution is 2.26. The second-order valence-electron chi connectivity index (χ2n) is 6.67. The summed E-state index contributed by atoms with van der Waals surface area (Å²) in [6.45, 7) is 5.17. The third-order valence-electron chi connectivity index (χ3n) is 4.49. The molecule has 0 fully saturated rings. The maximum absolute atomic E-state index is 12.8. The summed E-state index contributed by atoms with van der Waals surface area (Å²) in [6.07, 6.45) is 5.53. The highest BCUT2D eigenvalue weighted by Gasteiger charge is 2.30. The maximum Gasteiger partial charge on any atom is 0.256 e. The van der Waals surface area contributed by atoms with Crippen LogP contribution in [0.4, 0.5) is 0 Å². The summed E-state index contributed by atoms with van der Waals surface area (Å²) in [7, 11) is 3.47. The van der Waals surface area contributed by atoms with Crippen LogP contribution in [0.2, 0.25) is 0 Å². The van der Waals surface area contributed by atoms with Gasteiger partial charge in [-0.1, -0.05) is 0 Å². The molecule has 3 rings (SSSR count). The number of hydrogen-bond donors (Lipinski definition) is 0. The number of likely N-dealkylation sites (N-methyl/N-ethyl adjacent to an activating group) is 1. The van der Waals surface area contributed by atoms with Crippen LogP contribution in [-0.2, 0) is 17.8 Å². The Hall–Kier alpha value is -2.70. The average Bonchev–Trinajstić information content (AvgIpc) is 2.98. The molecular weight excluding hydrogens is 318 g/mol. The number of imidazole rings is 1. The number of pyridine rings is 1. The number of hydrogen-bond acceptors (Lipinski definition) is 4. The fraction of sp³-hybridized carbons (Fsp3) is 0.444. The standard InChI is InChI=1S/C18H23N5O2/c1-12-7-14(10-19-9-12)18(25)23-6-5-22-11-15(8-16(24)21(3)4)20-17(22)13(23)2/h7,9-11,13H,5-6,8H2,1-4H3/t13-/m0/s1. The summed E-state index contributed by atoms with van der Waals surface area (Å²) in [6, 6.07) is 1.70. The van der Waals surface area contributed by atoms with Gasteiger partial charge in [-0.25, -0.2) is 4.98 Å². The molecule has 0 aliphatic carbocycles. The molecule has 132 valence electrons. The Morgan fingerprint density at radius 1 is 1.28 bits per heavy atom. The minimum atomic E-state index is -0.148. The van der Waals surface area contributed by atoms with Gasteiger partial charge >= 0.3 is 0 Å². The van der Waals surface area contributed by atoms with Crippen LogP contribution in [0.1, 0.15) is 40.4 Å². The van der Waals surface area contributed by atoms with Crippen molar-refractivity contribution in [3.63, 3.8) is 0 Å². The molecule has 0 spiro atoms. The smallest absolute Gasteiger partial charge is 0.256 e. The molecule has 0 saturated carbocycles. The fourth-order valence-corrected chi connectivity index (χ4v) is 3.06. The van der Waals surface area contributed by atoms with E-state index in [4.69, 9.17) is 0 Å². The second kappa shape index (κ2) is 6.66. The predicted molar refractivity (Wildman–Crippen MR) is 93.1 cm³/mol. The van der Waals surface area contributed by atoms with Gasteiger partial charge in [-0.3, -0.25) is 14.6 Å². The van der Waals surface area contributed by atoms with Crippen molar-refractivity contribution in [1.82, 2.24) is 24.3 Å². The Morgan fingerprint density at radius 3 is 2.72 bits per heavy atom. The summed E-state index contributed by atoms with van der Waals surface area (Å²) >= 11 is 0. The van der Waals surface area contributed by atoms with Crippen LogP contribution in [0.15, 0.2) is 24.7 Å². The molecule has 7 nitrogen and oxygen atoms in total. The number of carbonyl (C=O) groups is 2. The zero-order valence-electron chi connectivity index (χ0n) is 15.1. The lowest BCUT2D eigenvalue weighted by Gasteiger charge is -2.33. The Labute approximate surface area is 147 Å². The van der Waals surface area contributed by atoms with E-state index >= 15 is 0 Å². The van der Waals surface area contributed by atoms with Crippen molar-refractivity contribution >= 4 is 11.8 Å². The number of nitrogens with zero attached hydrogens (tertiary/aromatic N) is 5. The quantitative estimate of drug-likeness (QED) is 0.847. The van der Waals surface area contributed by atoms with Crippen molar-refractivity contribution < 1.29 is 9.59 Å².